The van der Waals surface area contributed by atoms with Crippen molar-refractivity contribution < 1.29 is 17.2 Å². The number of halogens is 1. The Balaban J connectivity index is 1.70. The zero-order chi connectivity index (χ0) is 23.2. The molecule has 0 fully saturated rings. The maximum atomic E-state index is 15.1. The second-order valence-corrected chi connectivity index (χ2v) is 9.80. The zero-order valence-corrected chi connectivity index (χ0v) is 19.6. The van der Waals surface area contributed by atoms with Gasteiger partial charge in [0, 0.05) is 24.0 Å². The molecule has 0 atom stereocenters. The van der Waals surface area contributed by atoms with E-state index in [-0.39, 0.29) is 4.90 Å². The van der Waals surface area contributed by atoms with Crippen molar-refractivity contribution in [2.75, 3.05) is 0 Å². The van der Waals surface area contributed by atoms with E-state index in [4.69, 9.17) is 4.42 Å². The average Bonchev–Trinajstić information content (AvgIpc) is 3.18. The van der Waals surface area contributed by atoms with E-state index in [2.05, 4.69) is 9.82 Å². The lowest BCUT2D eigenvalue weighted by molar-refractivity contribution is 0.487. The molecule has 4 rings (SSSR count). The van der Waals surface area contributed by atoms with Crippen LogP contribution in [0.15, 0.2) is 51.3 Å². The topological polar surface area (TPSA) is 77.1 Å². The molecule has 3 heterocycles. The predicted molar refractivity (Wildman–Crippen MR) is 122 cm³/mol. The van der Waals surface area contributed by atoms with E-state index in [1.54, 1.807) is 17.7 Å². The molecule has 0 radical (unpaired) electrons. The highest BCUT2D eigenvalue weighted by atomic mass is 32.2. The third kappa shape index (κ3) is 3.90. The van der Waals surface area contributed by atoms with Gasteiger partial charge in [0.05, 0.1) is 16.3 Å². The van der Waals surface area contributed by atoms with Crippen molar-refractivity contribution in [2.24, 2.45) is 0 Å². The summed E-state index contributed by atoms with van der Waals surface area (Å²) in [5.74, 6) is 1.08. The van der Waals surface area contributed by atoms with Gasteiger partial charge in [-0.2, -0.15) is 5.10 Å². The highest BCUT2D eigenvalue weighted by Crippen LogP contribution is 2.34. The second-order valence-electron chi connectivity index (χ2n) is 8.11. The van der Waals surface area contributed by atoms with Gasteiger partial charge in [0.15, 0.2) is 0 Å². The van der Waals surface area contributed by atoms with Gasteiger partial charge in [-0.25, -0.2) is 17.5 Å². The minimum absolute atomic E-state index is 0.162. The number of allylic oxidation sites excluding steroid dienone is 3. The SMILES string of the molecule is CCc1oc(C)c(-c2ccc(S(=O)(=O)NC3=CC=C(C)Cc4cc(C)nn43)cc2F)c1C. The summed E-state index contributed by atoms with van der Waals surface area (Å²) in [7, 11) is -4.04. The first-order valence-electron chi connectivity index (χ1n) is 10.5. The Morgan fingerprint density at radius 3 is 2.56 bits per heavy atom. The molecule has 8 heteroatoms. The van der Waals surface area contributed by atoms with Gasteiger partial charge in [0.2, 0.25) is 0 Å². The minimum Gasteiger partial charge on any atom is -0.465 e. The van der Waals surface area contributed by atoms with E-state index >= 15 is 4.39 Å². The fourth-order valence-electron chi connectivity index (χ4n) is 4.11. The van der Waals surface area contributed by atoms with E-state index in [1.807, 2.05) is 39.8 Å². The molecule has 1 aliphatic rings. The van der Waals surface area contributed by atoms with E-state index in [1.165, 1.54) is 12.1 Å². The van der Waals surface area contributed by atoms with Gasteiger partial charge < -0.3 is 4.42 Å². The summed E-state index contributed by atoms with van der Waals surface area (Å²) >= 11 is 0. The van der Waals surface area contributed by atoms with Crippen LogP contribution in [0.3, 0.4) is 0 Å². The molecule has 0 unspecified atom stereocenters. The first-order valence-corrected chi connectivity index (χ1v) is 11.9. The maximum Gasteiger partial charge on any atom is 0.263 e. The normalized spacial score (nSPS) is 13.9. The molecule has 1 aliphatic heterocycles. The summed E-state index contributed by atoms with van der Waals surface area (Å²) in [5.41, 5.74) is 4.59. The zero-order valence-electron chi connectivity index (χ0n) is 18.8. The summed E-state index contributed by atoms with van der Waals surface area (Å²) in [6.07, 6.45) is 4.88. The number of sulfonamides is 1. The van der Waals surface area contributed by atoms with Gasteiger partial charge in [-0.3, -0.25) is 4.72 Å². The van der Waals surface area contributed by atoms with Crippen LogP contribution in [0.5, 0.6) is 0 Å². The molecule has 32 heavy (non-hydrogen) atoms. The molecule has 1 N–H and O–H groups in total. The second kappa shape index (κ2) is 8.09. The largest absolute Gasteiger partial charge is 0.465 e. The standard InChI is InChI=1S/C24H26FN3O3S/c1-6-22-16(4)24(17(5)31-22)20-9-8-19(13-21(20)25)32(29,30)27-23-10-7-14(2)11-18-12-15(3)26-28(18)23/h7-10,12-13,27H,6,11H2,1-5H3. The number of nitrogens with zero attached hydrogens (tertiary/aromatic N) is 2. The number of nitrogens with one attached hydrogen (secondary N) is 1. The molecule has 0 amide bonds. The highest BCUT2D eigenvalue weighted by Gasteiger charge is 2.23. The molecule has 1 aromatic carbocycles. The van der Waals surface area contributed by atoms with E-state index in [0.717, 1.165) is 34.4 Å². The smallest absolute Gasteiger partial charge is 0.263 e. The molecule has 0 spiro atoms. The fourth-order valence-corrected chi connectivity index (χ4v) is 5.16. The molecule has 0 saturated carbocycles. The Bertz CT molecular complexity index is 1380. The molecule has 3 aromatic rings. The Kier molecular flexibility index (Phi) is 5.58. The number of aromatic nitrogens is 2. The van der Waals surface area contributed by atoms with Crippen LogP contribution in [-0.2, 0) is 22.9 Å². The summed E-state index contributed by atoms with van der Waals surface area (Å²) in [6, 6.07) is 5.86. The quantitative estimate of drug-likeness (QED) is 0.584. The van der Waals surface area contributed by atoms with Crippen molar-refractivity contribution >= 4 is 15.8 Å². The third-order valence-corrected chi connectivity index (χ3v) is 6.97. The molecule has 6 nitrogen and oxygen atoms in total. The predicted octanol–water partition coefficient (Wildman–Crippen LogP) is 5.05. The van der Waals surface area contributed by atoms with Gasteiger partial charge >= 0.3 is 0 Å². The fraction of sp³-hybridized carbons (Fsp3) is 0.292. The van der Waals surface area contributed by atoms with Crippen molar-refractivity contribution in [3.63, 3.8) is 0 Å². The van der Waals surface area contributed by atoms with Crippen LogP contribution in [0.25, 0.3) is 16.9 Å². The number of furan rings is 1. The highest BCUT2D eigenvalue weighted by molar-refractivity contribution is 7.89. The van der Waals surface area contributed by atoms with E-state index < -0.39 is 15.8 Å². The molecule has 0 saturated heterocycles. The molecule has 168 valence electrons. The van der Waals surface area contributed by atoms with Gasteiger partial charge in [-0.1, -0.05) is 18.6 Å². The first kappa shape index (κ1) is 22.1. The first-order chi connectivity index (χ1) is 15.1. The van der Waals surface area contributed by atoms with Crippen LogP contribution in [0.1, 0.15) is 42.3 Å². The van der Waals surface area contributed by atoms with Gasteiger partial charge in [0.1, 0.15) is 23.2 Å². The summed E-state index contributed by atoms with van der Waals surface area (Å²) < 4.78 is 51.2. The Labute approximate surface area is 187 Å². The van der Waals surface area contributed by atoms with Crippen LogP contribution >= 0.6 is 0 Å². The van der Waals surface area contributed by atoms with E-state index in [9.17, 15) is 8.42 Å². The van der Waals surface area contributed by atoms with Crippen LogP contribution in [0.4, 0.5) is 4.39 Å². The monoisotopic (exact) mass is 455 g/mol. The van der Waals surface area contributed by atoms with Crippen LogP contribution in [0.2, 0.25) is 0 Å². The van der Waals surface area contributed by atoms with Crippen molar-refractivity contribution in [1.29, 1.82) is 0 Å². The molecule has 0 aliphatic carbocycles. The number of hydrogen-bond donors (Lipinski definition) is 1. The molecular weight excluding hydrogens is 429 g/mol. The lowest BCUT2D eigenvalue weighted by atomic mass is 10.0. The van der Waals surface area contributed by atoms with E-state index in [0.29, 0.717) is 35.5 Å². The number of benzene rings is 1. The van der Waals surface area contributed by atoms with Crippen LogP contribution < -0.4 is 4.72 Å². The van der Waals surface area contributed by atoms with Crippen LogP contribution in [0, 0.1) is 26.6 Å². The molecule has 0 bridgehead atoms. The third-order valence-electron chi connectivity index (χ3n) is 5.62. The number of fused-ring (bicyclic) bond motifs is 1. The maximum absolute atomic E-state index is 15.1. The lowest BCUT2D eigenvalue weighted by Crippen LogP contribution is -2.26. The van der Waals surface area contributed by atoms with Gasteiger partial charge in [-0.15, -0.1) is 0 Å². The average molecular weight is 456 g/mol. The number of aryl methyl sites for hydroxylation is 3. The molecular formula is C24H26FN3O3S. The Morgan fingerprint density at radius 2 is 1.91 bits per heavy atom. The summed E-state index contributed by atoms with van der Waals surface area (Å²) in [5, 5.41) is 4.41. The van der Waals surface area contributed by atoms with Crippen molar-refractivity contribution in [1.82, 2.24) is 14.5 Å². The van der Waals surface area contributed by atoms with Crippen molar-refractivity contribution in [2.45, 2.75) is 52.4 Å². The van der Waals surface area contributed by atoms with Crippen LogP contribution in [-0.4, -0.2) is 18.2 Å². The van der Waals surface area contributed by atoms with Gasteiger partial charge in [0.25, 0.3) is 10.0 Å². The summed E-state index contributed by atoms with van der Waals surface area (Å²) in [4.78, 5) is -0.162. The number of hydrogen-bond acceptors (Lipinski definition) is 4. The Morgan fingerprint density at radius 1 is 1.16 bits per heavy atom. The number of rotatable bonds is 5. The molecule has 2 aromatic heterocycles. The minimum atomic E-state index is -4.04. The summed E-state index contributed by atoms with van der Waals surface area (Å²) in [6.45, 7) is 9.46. The lowest BCUT2D eigenvalue weighted by Gasteiger charge is -2.14. The van der Waals surface area contributed by atoms with Crippen molar-refractivity contribution in [3.05, 3.63) is 76.3 Å². The van der Waals surface area contributed by atoms with Crippen molar-refractivity contribution in [3.8, 4) is 11.1 Å². The Hall–Kier alpha value is -3.13. The van der Waals surface area contributed by atoms with Gasteiger partial charge in [-0.05, 0) is 63.6 Å².